The van der Waals surface area contributed by atoms with Gasteiger partial charge in [-0.25, -0.2) is 0 Å². The Hall–Kier alpha value is -0.120. The van der Waals surface area contributed by atoms with E-state index >= 15 is 0 Å². The van der Waals surface area contributed by atoms with Gasteiger partial charge in [0.1, 0.15) is 0 Å². The molecule has 0 radical (unpaired) electrons. The summed E-state index contributed by atoms with van der Waals surface area (Å²) < 4.78 is 11.0. The Morgan fingerprint density at radius 2 is 2.23 bits per heavy atom. The first-order valence-corrected chi connectivity index (χ1v) is 5.33. The lowest BCUT2D eigenvalue weighted by atomic mass is 10.1. The molecule has 1 aliphatic rings. The Morgan fingerprint density at radius 1 is 1.31 bits per heavy atom. The van der Waals surface area contributed by atoms with Crippen LogP contribution in [0.4, 0.5) is 0 Å². The van der Waals surface area contributed by atoms with Crippen LogP contribution in [0.5, 0.6) is 0 Å². The van der Waals surface area contributed by atoms with Crippen molar-refractivity contribution >= 4 is 0 Å². The highest BCUT2D eigenvalue weighted by Crippen LogP contribution is 2.05. The van der Waals surface area contributed by atoms with E-state index in [2.05, 4.69) is 12.2 Å². The standard InChI is InChI=1S/C10H21NO2/c1-2-6-12-7-8-13-10-4-3-5-11-9-10/h10-11H,2-9H2,1H3. The zero-order valence-corrected chi connectivity index (χ0v) is 8.55. The third-order valence-electron chi connectivity index (χ3n) is 2.18. The molecule has 1 aliphatic heterocycles. The Balaban J connectivity index is 1.86. The maximum Gasteiger partial charge on any atom is 0.0704 e. The molecule has 1 fully saturated rings. The Kier molecular flexibility index (Phi) is 6.15. The lowest BCUT2D eigenvalue weighted by Crippen LogP contribution is -2.35. The van der Waals surface area contributed by atoms with Crippen LogP contribution in [0.3, 0.4) is 0 Å². The molecule has 0 saturated carbocycles. The molecule has 1 unspecified atom stereocenters. The second-order valence-corrected chi connectivity index (χ2v) is 3.45. The van der Waals surface area contributed by atoms with Crippen LogP contribution < -0.4 is 5.32 Å². The number of rotatable bonds is 6. The van der Waals surface area contributed by atoms with Crippen LogP contribution in [0.25, 0.3) is 0 Å². The van der Waals surface area contributed by atoms with Gasteiger partial charge in [0.05, 0.1) is 19.3 Å². The molecule has 1 saturated heterocycles. The van der Waals surface area contributed by atoms with Crippen molar-refractivity contribution in [2.75, 3.05) is 32.9 Å². The van der Waals surface area contributed by atoms with Crippen molar-refractivity contribution in [1.29, 1.82) is 0 Å². The second kappa shape index (κ2) is 7.30. The van der Waals surface area contributed by atoms with Crippen molar-refractivity contribution < 1.29 is 9.47 Å². The minimum absolute atomic E-state index is 0.416. The van der Waals surface area contributed by atoms with Crippen molar-refractivity contribution in [3.8, 4) is 0 Å². The zero-order chi connectivity index (χ0) is 9.36. The predicted octanol–water partition coefficient (Wildman–Crippen LogP) is 1.18. The molecule has 1 heterocycles. The first-order chi connectivity index (χ1) is 6.43. The molecule has 0 aromatic heterocycles. The number of nitrogens with one attached hydrogen (secondary N) is 1. The summed E-state index contributed by atoms with van der Waals surface area (Å²) in [6.45, 7) is 6.61. The van der Waals surface area contributed by atoms with Gasteiger partial charge < -0.3 is 14.8 Å². The SMILES string of the molecule is CCCOCCOC1CCCNC1. The number of ether oxygens (including phenoxy) is 2. The van der Waals surface area contributed by atoms with E-state index in [1.54, 1.807) is 0 Å². The summed E-state index contributed by atoms with van der Waals surface area (Å²) in [4.78, 5) is 0. The Labute approximate surface area is 80.8 Å². The van der Waals surface area contributed by atoms with Crippen molar-refractivity contribution in [3.05, 3.63) is 0 Å². The van der Waals surface area contributed by atoms with Crippen molar-refractivity contribution in [2.24, 2.45) is 0 Å². The average molecular weight is 187 g/mol. The van der Waals surface area contributed by atoms with Gasteiger partial charge in [0.2, 0.25) is 0 Å². The summed E-state index contributed by atoms with van der Waals surface area (Å²) in [7, 11) is 0. The van der Waals surface area contributed by atoms with Crippen molar-refractivity contribution in [2.45, 2.75) is 32.3 Å². The Bertz CT molecular complexity index is 113. The monoisotopic (exact) mass is 187 g/mol. The number of piperidine rings is 1. The van der Waals surface area contributed by atoms with Gasteiger partial charge in [0, 0.05) is 13.2 Å². The molecule has 0 bridgehead atoms. The number of hydrogen-bond donors (Lipinski definition) is 1. The Morgan fingerprint density at radius 3 is 2.92 bits per heavy atom. The van der Waals surface area contributed by atoms with E-state index in [0.29, 0.717) is 6.10 Å². The van der Waals surface area contributed by atoms with Gasteiger partial charge in [-0.2, -0.15) is 0 Å². The molecule has 78 valence electrons. The zero-order valence-electron chi connectivity index (χ0n) is 8.55. The van der Waals surface area contributed by atoms with Crippen LogP contribution in [-0.4, -0.2) is 39.0 Å². The molecule has 13 heavy (non-hydrogen) atoms. The van der Waals surface area contributed by atoms with Gasteiger partial charge >= 0.3 is 0 Å². The minimum Gasteiger partial charge on any atom is -0.379 e. The largest absolute Gasteiger partial charge is 0.379 e. The fourth-order valence-electron chi connectivity index (χ4n) is 1.48. The minimum atomic E-state index is 0.416. The van der Waals surface area contributed by atoms with Crippen LogP contribution >= 0.6 is 0 Å². The summed E-state index contributed by atoms with van der Waals surface area (Å²) >= 11 is 0. The summed E-state index contributed by atoms with van der Waals surface area (Å²) in [5.74, 6) is 0. The van der Waals surface area contributed by atoms with Crippen LogP contribution in [0.2, 0.25) is 0 Å². The third-order valence-corrected chi connectivity index (χ3v) is 2.18. The molecule has 0 amide bonds. The lowest BCUT2D eigenvalue weighted by Gasteiger charge is -2.22. The van der Waals surface area contributed by atoms with E-state index in [0.717, 1.165) is 39.3 Å². The van der Waals surface area contributed by atoms with E-state index in [1.807, 2.05) is 0 Å². The quantitative estimate of drug-likeness (QED) is 0.633. The van der Waals surface area contributed by atoms with Crippen LogP contribution in [0, 0.1) is 0 Å². The molecule has 0 aromatic carbocycles. The topological polar surface area (TPSA) is 30.5 Å². The number of hydrogen-bond acceptors (Lipinski definition) is 3. The molecule has 0 aliphatic carbocycles. The van der Waals surface area contributed by atoms with Gasteiger partial charge in [-0.15, -0.1) is 0 Å². The van der Waals surface area contributed by atoms with Gasteiger partial charge in [-0.05, 0) is 25.8 Å². The average Bonchev–Trinajstić information content (AvgIpc) is 2.19. The molecular formula is C10H21NO2. The molecule has 0 spiro atoms. The van der Waals surface area contributed by atoms with E-state index in [4.69, 9.17) is 9.47 Å². The summed E-state index contributed by atoms with van der Waals surface area (Å²) in [6.07, 6.45) is 3.94. The van der Waals surface area contributed by atoms with Gasteiger partial charge in [-0.1, -0.05) is 6.92 Å². The maximum atomic E-state index is 5.64. The highest BCUT2D eigenvalue weighted by Gasteiger charge is 2.12. The molecule has 1 rings (SSSR count). The van der Waals surface area contributed by atoms with Crippen LogP contribution in [-0.2, 0) is 9.47 Å². The first kappa shape index (κ1) is 11.0. The van der Waals surface area contributed by atoms with Gasteiger partial charge in [0.25, 0.3) is 0 Å². The van der Waals surface area contributed by atoms with Gasteiger partial charge in [-0.3, -0.25) is 0 Å². The molecular weight excluding hydrogens is 166 g/mol. The second-order valence-electron chi connectivity index (χ2n) is 3.45. The van der Waals surface area contributed by atoms with Crippen molar-refractivity contribution in [3.63, 3.8) is 0 Å². The normalized spacial score (nSPS) is 23.3. The van der Waals surface area contributed by atoms with E-state index in [-0.39, 0.29) is 0 Å². The molecule has 3 heteroatoms. The van der Waals surface area contributed by atoms with E-state index < -0.39 is 0 Å². The van der Waals surface area contributed by atoms with Crippen molar-refractivity contribution in [1.82, 2.24) is 5.32 Å². The fraction of sp³-hybridized carbons (Fsp3) is 1.00. The van der Waals surface area contributed by atoms with Crippen LogP contribution in [0.15, 0.2) is 0 Å². The smallest absolute Gasteiger partial charge is 0.0704 e. The lowest BCUT2D eigenvalue weighted by molar-refractivity contribution is -0.00414. The highest BCUT2D eigenvalue weighted by atomic mass is 16.5. The van der Waals surface area contributed by atoms with E-state index in [1.165, 1.54) is 12.8 Å². The molecule has 0 aromatic rings. The third kappa shape index (κ3) is 5.24. The molecule has 1 N–H and O–H groups in total. The maximum absolute atomic E-state index is 5.64. The summed E-state index contributed by atoms with van der Waals surface area (Å²) in [6, 6.07) is 0. The fourth-order valence-corrected chi connectivity index (χ4v) is 1.48. The summed E-state index contributed by atoms with van der Waals surface area (Å²) in [5.41, 5.74) is 0. The summed E-state index contributed by atoms with van der Waals surface area (Å²) in [5, 5.41) is 3.32. The first-order valence-electron chi connectivity index (χ1n) is 5.33. The molecule has 3 nitrogen and oxygen atoms in total. The highest BCUT2D eigenvalue weighted by molar-refractivity contribution is 4.68. The predicted molar refractivity (Wildman–Crippen MR) is 53.0 cm³/mol. The molecule has 1 atom stereocenters. The van der Waals surface area contributed by atoms with E-state index in [9.17, 15) is 0 Å². The van der Waals surface area contributed by atoms with Crippen LogP contribution in [0.1, 0.15) is 26.2 Å². The van der Waals surface area contributed by atoms with Gasteiger partial charge in [0.15, 0.2) is 0 Å².